The number of amides is 1. The van der Waals surface area contributed by atoms with Crippen molar-refractivity contribution in [3.8, 4) is 0 Å². The van der Waals surface area contributed by atoms with Crippen LogP contribution in [0.15, 0.2) is 46.1 Å². The van der Waals surface area contributed by atoms with Crippen LogP contribution in [0.4, 0.5) is 0 Å². The van der Waals surface area contributed by atoms with Gasteiger partial charge in [-0.15, -0.1) is 0 Å². The molecule has 0 bridgehead atoms. The molecular weight excluding hydrogens is 252 g/mol. The highest BCUT2D eigenvalue weighted by atomic mass is 35.5. The minimum atomic E-state index is -0.359. The van der Waals surface area contributed by atoms with E-state index < -0.39 is 0 Å². The van der Waals surface area contributed by atoms with E-state index in [0.717, 1.165) is 5.56 Å². The van der Waals surface area contributed by atoms with E-state index in [4.69, 9.17) is 16.0 Å². The summed E-state index contributed by atoms with van der Waals surface area (Å²) in [4.78, 5) is 11.8. The standard InChI is InChI=1S/C13H11ClN2O2/c1-9-4-5-11(12(14)7-9)13(17)16-15-8-10-3-2-6-18-10/h2-8H,1H3,(H,16,17)/b15-8-. The number of hydrogen-bond acceptors (Lipinski definition) is 3. The highest BCUT2D eigenvalue weighted by Gasteiger charge is 2.08. The van der Waals surface area contributed by atoms with Crippen LogP contribution in [0.5, 0.6) is 0 Å². The van der Waals surface area contributed by atoms with Crippen molar-refractivity contribution in [2.75, 3.05) is 0 Å². The normalized spacial score (nSPS) is 10.8. The smallest absolute Gasteiger partial charge is 0.272 e. The molecule has 0 saturated carbocycles. The van der Waals surface area contributed by atoms with Crippen molar-refractivity contribution < 1.29 is 9.21 Å². The Bertz CT molecular complexity index is 577. The maximum Gasteiger partial charge on any atom is 0.272 e. The van der Waals surface area contributed by atoms with Gasteiger partial charge in [-0.05, 0) is 36.8 Å². The molecule has 1 aromatic heterocycles. The van der Waals surface area contributed by atoms with E-state index in [1.54, 1.807) is 24.3 Å². The first kappa shape index (κ1) is 12.4. The number of halogens is 1. The van der Waals surface area contributed by atoms with Gasteiger partial charge >= 0.3 is 0 Å². The largest absolute Gasteiger partial charge is 0.463 e. The number of carbonyl (C=O) groups excluding carboxylic acids is 1. The average molecular weight is 263 g/mol. The van der Waals surface area contributed by atoms with Crippen molar-refractivity contribution in [1.82, 2.24) is 5.43 Å². The highest BCUT2D eigenvalue weighted by Crippen LogP contribution is 2.17. The van der Waals surface area contributed by atoms with E-state index in [-0.39, 0.29) is 5.91 Å². The molecule has 0 aliphatic carbocycles. The van der Waals surface area contributed by atoms with Crippen LogP contribution in [0.2, 0.25) is 5.02 Å². The zero-order valence-corrected chi connectivity index (χ0v) is 10.4. The quantitative estimate of drug-likeness (QED) is 0.683. The molecule has 2 aromatic rings. The summed E-state index contributed by atoms with van der Waals surface area (Å²) in [7, 11) is 0. The topological polar surface area (TPSA) is 54.6 Å². The Balaban J connectivity index is 2.04. The van der Waals surface area contributed by atoms with Crippen LogP contribution in [-0.4, -0.2) is 12.1 Å². The lowest BCUT2D eigenvalue weighted by atomic mass is 10.1. The Morgan fingerprint density at radius 2 is 2.28 bits per heavy atom. The Hall–Kier alpha value is -2.07. The molecule has 1 N–H and O–H groups in total. The summed E-state index contributed by atoms with van der Waals surface area (Å²) in [5, 5.41) is 4.18. The molecule has 0 aliphatic rings. The second-order valence-corrected chi connectivity index (χ2v) is 4.11. The van der Waals surface area contributed by atoms with Crippen LogP contribution in [0, 0.1) is 6.92 Å². The molecule has 0 saturated heterocycles. The minimum Gasteiger partial charge on any atom is -0.463 e. The summed E-state index contributed by atoms with van der Waals surface area (Å²) in [6.45, 7) is 1.91. The highest BCUT2D eigenvalue weighted by molar-refractivity contribution is 6.33. The fourth-order valence-corrected chi connectivity index (χ4v) is 1.70. The molecule has 2 rings (SSSR count). The van der Waals surface area contributed by atoms with Crippen molar-refractivity contribution in [3.63, 3.8) is 0 Å². The molecule has 92 valence electrons. The van der Waals surface area contributed by atoms with Crippen LogP contribution < -0.4 is 5.43 Å². The minimum absolute atomic E-state index is 0.359. The predicted molar refractivity (Wildman–Crippen MR) is 70.0 cm³/mol. The average Bonchev–Trinajstić information content (AvgIpc) is 2.81. The molecule has 4 nitrogen and oxygen atoms in total. The van der Waals surface area contributed by atoms with E-state index in [1.165, 1.54) is 12.5 Å². The third kappa shape index (κ3) is 2.99. The summed E-state index contributed by atoms with van der Waals surface area (Å²) in [6, 6.07) is 8.67. The third-order valence-corrected chi connectivity index (χ3v) is 2.58. The Morgan fingerprint density at radius 1 is 1.44 bits per heavy atom. The zero-order valence-electron chi connectivity index (χ0n) is 9.68. The maximum atomic E-state index is 11.8. The van der Waals surface area contributed by atoms with E-state index >= 15 is 0 Å². The van der Waals surface area contributed by atoms with Crippen molar-refractivity contribution in [1.29, 1.82) is 0 Å². The number of carbonyl (C=O) groups is 1. The van der Waals surface area contributed by atoms with Gasteiger partial charge in [0.15, 0.2) is 0 Å². The fourth-order valence-electron chi connectivity index (χ4n) is 1.38. The Morgan fingerprint density at radius 3 is 2.94 bits per heavy atom. The molecule has 1 heterocycles. The molecule has 1 aromatic carbocycles. The van der Waals surface area contributed by atoms with Gasteiger partial charge in [0, 0.05) is 0 Å². The lowest BCUT2D eigenvalue weighted by Gasteiger charge is -2.03. The van der Waals surface area contributed by atoms with Crippen LogP contribution in [0.3, 0.4) is 0 Å². The second-order valence-electron chi connectivity index (χ2n) is 3.70. The zero-order chi connectivity index (χ0) is 13.0. The first-order valence-electron chi connectivity index (χ1n) is 5.30. The van der Waals surface area contributed by atoms with Crippen molar-refractivity contribution in [3.05, 3.63) is 58.5 Å². The molecule has 0 fully saturated rings. The number of aryl methyl sites for hydroxylation is 1. The second kappa shape index (κ2) is 5.51. The van der Waals surface area contributed by atoms with Gasteiger partial charge in [-0.25, -0.2) is 5.43 Å². The summed E-state index contributed by atoms with van der Waals surface area (Å²) < 4.78 is 5.03. The molecule has 0 radical (unpaired) electrons. The van der Waals surface area contributed by atoms with Crippen molar-refractivity contribution in [2.24, 2.45) is 5.10 Å². The molecule has 0 spiro atoms. The van der Waals surface area contributed by atoms with Gasteiger partial charge in [0.1, 0.15) is 5.76 Å². The molecular formula is C13H11ClN2O2. The molecule has 18 heavy (non-hydrogen) atoms. The van der Waals surface area contributed by atoms with Crippen LogP contribution >= 0.6 is 11.6 Å². The van der Waals surface area contributed by atoms with Gasteiger partial charge in [0.25, 0.3) is 5.91 Å². The molecule has 1 amide bonds. The fraction of sp³-hybridized carbons (Fsp3) is 0.0769. The molecule has 0 atom stereocenters. The van der Waals surface area contributed by atoms with E-state index in [0.29, 0.717) is 16.3 Å². The first-order chi connectivity index (χ1) is 8.66. The summed E-state index contributed by atoms with van der Waals surface area (Å²) >= 11 is 5.97. The van der Waals surface area contributed by atoms with Crippen LogP contribution in [-0.2, 0) is 0 Å². The molecule has 0 aliphatic heterocycles. The number of hydrogen-bond donors (Lipinski definition) is 1. The summed E-state index contributed by atoms with van der Waals surface area (Å²) in [6.07, 6.45) is 2.94. The van der Waals surface area contributed by atoms with Crippen molar-refractivity contribution >= 4 is 23.7 Å². The Labute approximate surface area is 109 Å². The lowest BCUT2D eigenvalue weighted by Crippen LogP contribution is -2.18. The number of benzene rings is 1. The maximum absolute atomic E-state index is 11.8. The number of rotatable bonds is 3. The number of furan rings is 1. The summed E-state index contributed by atoms with van der Waals surface area (Å²) in [5.74, 6) is 0.202. The Kier molecular flexibility index (Phi) is 3.79. The van der Waals surface area contributed by atoms with Gasteiger partial charge in [0.05, 0.1) is 23.1 Å². The van der Waals surface area contributed by atoms with Gasteiger partial charge in [-0.1, -0.05) is 17.7 Å². The molecule has 0 unspecified atom stereocenters. The number of nitrogens with zero attached hydrogens (tertiary/aromatic N) is 1. The monoisotopic (exact) mass is 262 g/mol. The lowest BCUT2D eigenvalue weighted by molar-refractivity contribution is 0.0955. The number of nitrogens with one attached hydrogen (secondary N) is 1. The van der Waals surface area contributed by atoms with Crippen LogP contribution in [0.25, 0.3) is 0 Å². The predicted octanol–water partition coefficient (Wildman–Crippen LogP) is 3.01. The first-order valence-corrected chi connectivity index (χ1v) is 5.67. The third-order valence-electron chi connectivity index (χ3n) is 2.27. The number of hydrazone groups is 1. The van der Waals surface area contributed by atoms with Crippen LogP contribution in [0.1, 0.15) is 21.7 Å². The molecule has 5 heteroatoms. The van der Waals surface area contributed by atoms with Crippen molar-refractivity contribution in [2.45, 2.75) is 6.92 Å². The van der Waals surface area contributed by atoms with E-state index in [9.17, 15) is 4.79 Å². The van der Waals surface area contributed by atoms with Gasteiger partial charge in [0.2, 0.25) is 0 Å². The van der Waals surface area contributed by atoms with E-state index in [1.807, 2.05) is 13.0 Å². The summed E-state index contributed by atoms with van der Waals surface area (Å²) in [5.41, 5.74) is 3.77. The van der Waals surface area contributed by atoms with Gasteiger partial charge < -0.3 is 4.42 Å². The van der Waals surface area contributed by atoms with Gasteiger partial charge in [-0.2, -0.15) is 5.10 Å². The van der Waals surface area contributed by atoms with Gasteiger partial charge in [-0.3, -0.25) is 4.79 Å². The van der Waals surface area contributed by atoms with E-state index in [2.05, 4.69) is 10.5 Å². The SMILES string of the molecule is Cc1ccc(C(=O)N/N=C\c2ccco2)c(Cl)c1.